The van der Waals surface area contributed by atoms with Crippen LogP contribution in [0.1, 0.15) is 36.8 Å². The Morgan fingerprint density at radius 2 is 1.53 bits per heavy atom. The largest absolute Gasteiger partial charge is 0.445 e. The molecule has 7 heteroatoms. The second kappa shape index (κ2) is 8.42. The van der Waals surface area contributed by atoms with Gasteiger partial charge in [0.05, 0.1) is 0 Å². The minimum atomic E-state index is -3.56. The van der Waals surface area contributed by atoms with Crippen LogP contribution in [0.15, 0.2) is 60.7 Å². The highest BCUT2D eigenvalue weighted by Crippen LogP contribution is 2.40. The van der Waals surface area contributed by atoms with Crippen LogP contribution in [0.5, 0.6) is 0 Å². The van der Waals surface area contributed by atoms with Crippen LogP contribution >= 0.6 is 0 Å². The van der Waals surface area contributed by atoms with Crippen molar-refractivity contribution in [3.63, 3.8) is 0 Å². The zero-order chi connectivity index (χ0) is 21.1. The lowest BCUT2D eigenvalue weighted by molar-refractivity contribution is -0.164. The summed E-state index contributed by atoms with van der Waals surface area (Å²) < 4.78 is 34.9. The Hall–Kier alpha value is -2.96. The summed E-state index contributed by atoms with van der Waals surface area (Å²) in [6.45, 7) is 0.167. The molecule has 2 amide bonds. The van der Waals surface area contributed by atoms with Gasteiger partial charge in [-0.15, -0.1) is 0 Å². The molecule has 2 saturated heterocycles. The van der Waals surface area contributed by atoms with Gasteiger partial charge in [0.1, 0.15) is 6.61 Å². The Labute approximate surface area is 174 Å². The van der Waals surface area contributed by atoms with Crippen LogP contribution in [0.25, 0.3) is 0 Å². The highest BCUT2D eigenvalue weighted by Gasteiger charge is 2.52. The molecule has 2 aromatic rings. The van der Waals surface area contributed by atoms with Crippen molar-refractivity contribution in [3.05, 3.63) is 71.8 Å². The number of hydrogen-bond donors (Lipinski definition) is 1. The van der Waals surface area contributed by atoms with Crippen molar-refractivity contribution >= 4 is 12.0 Å². The number of nitrogens with zero attached hydrogens (tertiary/aromatic N) is 1. The van der Waals surface area contributed by atoms with E-state index in [1.807, 2.05) is 30.3 Å². The number of ether oxygens (including phenoxy) is 1. The van der Waals surface area contributed by atoms with E-state index in [0.29, 0.717) is 25.7 Å². The van der Waals surface area contributed by atoms with Crippen molar-refractivity contribution in [3.8, 4) is 0 Å². The van der Waals surface area contributed by atoms with Gasteiger partial charge >= 0.3 is 12.0 Å². The number of piperidine rings is 1. The predicted octanol–water partition coefficient (Wildman–Crippen LogP) is 4.23. The molecular formula is C23H24F2N2O3. The summed E-state index contributed by atoms with van der Waals surface area (Å²) in [4.78, 5) is 26.2. The van der Waals surface area contributed by atoms with Crippen LogP contribution < -0.4 is 5.32 Å². The molecule has 0 aliphatic carbocycles. The van der Waals surface area contributed by atoms with E-state index in [9.17, 15) is 18.4 Å². The highest BCUT2D eigenvalue weighted by atomic mass is 19.3. The van der Waals surface area contributed by atoms with E-state index in [2.05, 4.69) is 5.32 Å². The maximum atomic E-state index is 14.8. The SMILES string of the molecule is O=C(NC1CC2CCC(C1)N2C(=O)C(F)(F)c1ccccc1)OCc1ccccc1. The molecule has 2 aliphatic rings. The van der Waals surface area contributed by atoms with E-state index >= 15 is 0 Å². The molecule has 0 spiro atoms. The van der Waals surface area contributed by atoms with Gasteiger partial charge < -0.3 is 15.0 Å². The molecule has 2 unspecified atom stereocenters. The second-order valence-electron chi connectivity index (χ2n) is 7.91. The van der Waals surface area contributed by atoms with Crippen LogP contribution in [0.3, 0.4) is 0 Å². The van der Waals surface area contributed by atoms with Gasteiger partial charge in [0.15, 0.2) is 0 Å². The van der Waals surface area contributed by atoms with Gasteiger partial charge in [-0.1, -0.05) is 60.7 Å². The monoisotopic (exact) mass is 414 g/mol. The van der Waals surface area contributed by atoms with Gasteiger partial charge in [0, 0.05) is 23.7 Å². The number of hydrogen-bond acceptors (Lipinski definition) is 3. The van der Waals surface area contributed by atoms with Crippen LogP contribution in [-0.4, -0.2) is 35.0 Å². The summed E-state index contributed by atoms with van der Waals surface area (Å²) >= 11 is 0. The number of alkyl carbamates (subject to hydrolysis) is 1. The van der Waals surface area contributed by atoms with E-state index in [1.54, 1.807) is 6.07 Å². The number of amides is 2. The third-order valence-corrected chi connectivity index (χ3v) is 5.91. The molecule has 2 heterocycles. The summed E-state index contributed by atoms with van der Waals surface area (Å²) in [5.74, 6) is -4.71. The molecule has 2 atom stereocenters. The van der Waals surface area contributed by atoms with Gasteiger partial charge in [-0.05, 0) is 31.2 Å². The summed E-state index contributed by atoms with van der Waals surface area (Å²) in [5.41, 5.74) is 0.593. The molecule has 5 nitrogen and oxygen atoms in total. The quantitative estimate of drug-likeness (QED) is 0.797. The van der Waals surface area contributed by atoms with Crippen molar-refractivity contribution < 1.29 is 23.1 Å². The zero-order valence-electron chi connectivity index (χ0n) is 16.5. The van der Waals surface area contributed by atoms with Gasteiger partial charge in [0.25, 0.3) is 5.91 Å². The van der Waals surface area contributed by atoms with E-state index in [-0.39, 0.29) is 30.3 Å². The first-order valence-electron chi connectivity index (χ1n) is 10.2. The third-order valence-electron chi connectivity index (χ3n) is 5.91. The second-order valence-corrected chi connectivity index (χ2v) is 7.91. The van der Waals surface area contributed by atoms with Crippen molar-refractivity contribution in [2.75, 3.05) is 0 Å². The average Bonchev–Trinajstić information content (AvgIpc) is 3.03. The van der Waals surface area contributed by atoms with Gasteiger partial charge in [-0.25, -0.2) is 4.79 Å². The smallest absolute Gasteiger partial charge is 0.407 e. The molecule has 0 radical (unpaired) electrons. The molecule has 2 bridgehead atoms. The summed E-state index contributed by atoms with van der Waals surface area (Å²) in [6.07, 6.45) is 1.70. The van der Waals surface area contributed by atoms with Gasteiger partial charge in [-0.3, -0.25) is 4.79 Å². The first-order chi connectivity index (χ1) is 14.4. The first kappa shape index (κ1) is 20.3. The molecule has 2 fully saturated rings. The number of carbonyl (C=O) groups excluding carboxylic acids is 2. The molecule has 158 valence electrons. The van der Waals surface area contributed by atoms with Crippen molar-refractivity contribution in [1.82, 2.24) is 10.2 Å². The predicted molar refractivity (Wildman–Crippen MR) is 107 cm³/mol. The van der Waals surface area contributed by atoms with Crippen LogP contribution in [0, 0.1) is 0 Å². The van der Waals surface area contributed by atoms with Gasteiger partial charge in [0.2, 0.25) is 0 Å². The van der Waals surface area contributed by atoms with Crippen LogP contribution in [-0.2, 0) is 22.1 Å². The van der Waals surface area contributed by atoms with E-state index in [0.717, 1.165) is 5.56 Å². The van der Waals surface area contributed by atoms with Gasteiger partial charge in [-0.2, -0.15) is 8.78 Å². The van der Waals surface area contributed by atoms with Crippen LogP contribution in [0.4, 0.5) is 13.6 Å². The maximum absolute atomic E-state index is 14.8. The molecule has 0 saturated carbocycles. The normalized spacial score (nSPS) is 23.1. The Morgan fingerprint density at radius 3 is 2.13 bits per heavy atom. The summed E-state index contributed by atoms with van der Waals surface area (Å²) in [7, 11) is 0. The fraction of sp³-hybridized carbons (Fsp3) is 0.391. The third kappa shape index (κ3) is 4.15. The lowest BCUT2D eigenvalue weighted by Gasteiger charge is -2.40. The lowest BCUT2D eigenvalue weighted by Crippen LogP contribution is -2.55. The standard InChI is InChI=1S/C23H24F2N2O3/c24-23(25,17-9-5-2-6-10-17)21(28)27-19-11-12-20(27)14-18(13-19)26-22(29)30-15-16-7-3-1-4-8-16/h1-10,18-20H,11-15H2,(H,26,29). The molecule has 2 aliphatic heterocycles. The van der Waals surface area contributed by atoms with Crippen molar-refractivity contribution in [2.45, 2.75) is 56.3 Å². The number of benzene rings is 2. The molecular weight excluding hydrogens is 390 g/mol. The number of carbonyl (C=O) groups is 2. The van der Waals surface area contributed by atoms with Crippen LogP contribution in [0.2, 0.25) is 0 Å². The Balaban J connectivity index is 1.35. The Morgan fingerprint density at radius 1 is 0.967 bits per heavy atom. The fourth-order valence-electron chi connectivity index (χ4n) is 4.49. The maximum Gasteiger partial charge on any atom is 0.407 e. The average molecular weight is 414 g/mol. The molecule has 0 aromatic heterocycles. The van der Waals surface area contributed by atoms with Crippen molar-refractivity contribution in [2.24, 2.45) is 0 Å². The summed E-state index contributed by atoms with van der Waals surface area (Å²) in [5, 5.41) is 2.83. The minimum absolute atomic E-state index is 0.167. The number of halogens is 2. The Bertz CT molecular complexity index is 878. The fourth-order valence-corrected chi connectivity index (χ4v) is 4.49. The lowest BCUT2D eigenvalue weighted by atomic mass is 9.95. The minimum Gasteiger partial charge on any atom is -0.445 e. The topological polar surface area (TPSA) is 58.6 Å². The van der Waals surface area contributed by atoms with E-state index < -0.39 is 17.9 Å². The molecule has 4 rings (SSSR count). The highest BCUT2D eigenvalue weighted by molar-refractivity contribution is 5.86. The zero-order valence-corrected chi connectivity index (χ0v) is 16.5. The first-order valence-corrected chi connectivity index (χ1v) is 10.2. The Kier molecular flexibility index (Phi) is 5.70. The number of rotatable bonds is 5. The molecule has 2 aromatic carbocycles. The van der Waals surface area contributed by atoms with E-state index in [4.69, 9.17) is 4.74 Å². The van der Waals surface area contributed by atoms with E-state index in [1.165, 1.54) is 29.2 Å². The number of nitrogens with one attached hydrogen (secondary N) is 1. The molecule has 1 N–H and O–H groups in total. The van der Waals surface area contributed by atoms with Crippen molar-refractivity contribution in [1.29, 1.82) is 0 Å². The number of fused-ring (bicyclic) bond motifs is 2. The summed E-state index contributed by atoms with van der Waals surface area (Å²) in [6, 6.07) is 15.7. The molecule has 30 heavy (non-hydrogen) atoms. The number of alkyl halides is 2.